The van der Waals surface area contributed by atoms with E-state index in [0.717, 1.165) is 50.6 Å². The number of piperazine rings is 1. The summed E-state index contributed by atoms with van der Waals surface area (Å²) in [5, 5.41) is 10.3. The number of aliphatic hydroxyl groups excluding tert-OH is 1. The number of ether oxygens (including phenoxy) is 3. The highest BCUT2D eigenvalue weighted by Gasteiger charge is 2.23. The van der Waals surface area contributed by atoms with Crippen molar-refractivity contribution in [3.05, 3.63) is 29.8 Å². The fraction of sp³-hybridized carbons (Fsp3) is 0.700. The second-order valence-corrected chi connectivity index (χ2v) is 7.22. The van der Waals surface area contributed by atoms with Crippen molar-refractivity contribution in [3.8, 4) is 5.75 Å². The molecule has 3 rings (SSSR count). The smallest absolute Gasteiger partial charge is 0.124 e. The van der Waals surface area contributed by atoms with E-state index in [4.69, 9.17) is 14.2 Å². The molecule has 0 aliphatic carbocycles. The topological polar surface area (TPSA) is 54.4 Å². The monoisotopic (exact) mass is 364 g/mol. The lowest BCUT2D eigenvalue weighted by Crippen LogP contribution is -2.50. The zero-order valence-corrected chi connectivity index (χ0v) is 15.8. The Labute approximate surface area is 156 Å². The maximum Gasteiger partial charge on any atom is 0.124 e. The number of nitrogens with zero attached hydrogens (tertiary/aromatic N) is 2. The molecule has 146 valence electrons. The number of benzene rings is 1. The molecule has 2 aliphatic rings. The van der Waals surface area contributed by atoms with Gasteiger partial charge in [0, 0.05) is 51.4 Å². The molecule has 0 radical (unpaired) electrons. The lowest BCUT2D eigenvalue weighted by molar-refractivity contribution is -0.00377. The fourth-order valence-electron chi connectivity index (χ4n) is 3.71. The van der Waals surface area contributed by atoms with Crippen molar-refractivity contribution in [1.29, 1.82) is 0 Å². The molecule has 1 aromatic rings. The average Bonchev–Trinajstić information content (AvgIpc) is 3.17. The van der Waals surface area contributed by atoms with Crippen molar-refractivity contribution in [2.24, 2.45) is 0 Å². The highest BCUT2D eigenvalue weighted by Crippen LogP contribution is 2.18. The van der Waals surface area contributed by atoms with E-state index in [1.807, 2.05) is 24.3 Å². The molecule has 2 aliphatic heterocycles. The summed E-state index contributed by atoms with van der Waals surface area (Å²) in [5.41, 5.74) is 1.00. The number of methoxy groups -OCH3 is 1. The molecule has 0 saturated carbocycles. The van der Waals surface area contributed by atoms with Crippen molar-refractivity contribution in [1.82, 2.24) is 9.80 Å². The van der Waals surface area contributed by atoms with Gasteiger partial charge in [0.05, 0.1) is 32.5 Å². The summed E-state index contributed by atoms with van der Waals surface area (Å²) in [5.74, 6) is 0.823. The van der Waals surface area contributed by atoms with E-state index in [1.54, 1.807) is 7.11 Å². The molecule has 0 aromatic heterocycles. The molecule has 2 heterocycles. The third kappa shape index (κ3) is 5.93. The van der Waals surface area contributed by atoms with Gasteiger partial charge in [-0.3, -0.25) is 9.80 Å². The molecule has 26 heavy (non-hydrogen) atoms. The Balaban J connectivity index is 1.31. The predicted octanol–water partition coefficient (Wildman–Crippen LogP) is 1.37. The molecule has 6 heteroatoms. The van der Waals surface area contributed by atoms with Gasteiger partial charge in [-0.15, -0.1) is 0 Å². The molecular weight excluding hydrogens is 332 g/mol. The minimum atomic E-state index is -0.463. The molecule has 2 atom stereocenters. The van der Waals surface area contributed by atoms with E-state index < -0.39 is 6.10 Å². The zero-order valence-electron chi connectivity index (χ0n) is 15.8. The number of β-amino-alcohol motifs (C(OH)–C–C–N with tert-alkyl or cyclic N) is 1. The van der Waals surface area contributed by atoms with Gasteiger partial charge in [-0.2, -0.15) is 0 Å². The predicted molar refractivity (Wildman–Crippen MR) is 101 cm³/mol. The van der Waals surface area contributed by atoms with Crippen LogP contribution in [0.25, 0.3) is 0 Å². The molecule has 1 aromatic carbocycles. The highest BCUT2D eigenvalue weighted by molar-refractivity contribution is 5.32. The van der Waals surface area contributed by atoms with Crippen LogP contribution >= 0.6 is 0 Å². The first-order valence-corrected chi connectivity index (χ1v) is 9.68. The van der Waals surface area contributed by atoms with Gasteiger partial charge in [0.25, 0.3) is 0 Å². The molecule has 0 spiro atoms. The van der Waals surface area contributed by atoms with Gasteiger partial charge < -0.3 is 19.3 Å². The first kappa shape index (κ1) is 19.6. The van der Waals surface area contributed by atoms with Gasteiger partial charge in [0.2, 0.25) is 0 Å². The number of hydrogen-bond donors (Lipinski definition) is 1. The van der Waals surface area contributed by atoms with E-state index in [-0.39, 0.29) is 0 Å². The lowest BCUT2D eigenvalue weighted by atomic mass is 10.2. The highest BCUT2D eigenvalue weighted by atomic mass is 16.5. The summed E-state index contributed by atoms with van der Waals surface area (Å²) >= 11 is 0. The van der Waals surface area contributed by atoms with Crippen molar-refractivity contribution < 1.29 is 19.3 Å². The van der Waals surface area contributed by atoms with Crippen molar-refractivity contribution >= 4 is 0 Å². The SMILES string of the molecule is COc1ccccc1COC[C@H](O)CN1CCN(C[C@@H]2CCCO2)CC1. The first-order chi connectivity index (χ1) is 12.7. The second-order valence-electron chi connectivity index (χ2n) is 7.22. The maximum atomic E-state index is 10.3. The van der Waals surface area contributed by atoms with Crippen LogP contribution in [-0.2, 0) is 16.1 Å². The van der Waals surface area contributed by atoms with Crippen molar-refractivity contribution in [2.45, 2.75) is 31.7 Å². The van der Waals surface area contributed by atoms with E-state index in [0.29, 0.717) is 25.9 Å². The largest absolute Gasteiger partial charge is 0.496 e. The van der Waals surface area contributed by atoms with Crippen LogP contribution in [0.2, 0.25) is 0 Å². The number of aliphatic hydroxyl groups is 1. The van der Waals surface area contributed by atoms with E-state index in [2.05, 4.69) is 9.80 Å². The van der Waals surface area contributed by atoms with Crippen LogP contribution in [0.5, 0.6) is 5.75 Å². The maximum absolute atomic E-state index is 10.3. The van der Waals surface area contributed by atoms with Crippen molar-refractivity contribution in [2.75, 3.05) is 59.6 Å². The summed E-state index contributed by atoms with van der Waals surface area (Å²) in [6.45, 7) is 7.53. The minimum absolute atomic E-state index is 0.341. The Morgan fingerprint density at radius 1 is 1.19 bits per heavy atom. The fourth-order valence-corrected chi connectivity index (χ4v) is 3.71. The quantitative estimate of drug-likeness (QED) is 0.714. The van der Waals surface area contributed by atoms with Gasteiger partial charge in [0.15, 0.2) is 0 Å². The molecule has 2 fully saturated rings. The minimum Gasteiger partial charge on any atom is -0.496 e. The Kier molecular flexibility index (Phi) is 7.70. The van der Waals surface area contributed by atoms with Crippen LogP contribution in [0, 0.1) is 0 Å². The van der Waals surface area contributed by atoms with Crippen LogP contribution in [0.4, 0.5) is 0 Å². The normalized spacial score (nSPS) is 23.2. The van der Waals surface area contributed by atoms with Gasteiger partial charge >= 0.3 is 0 Å². The Morgan fingerprint density at radius 3 is 2.69 bits per heavy atom. The van der Waals surface area contributed by atoms with E-state index in [1.165, 1.54) is 12.8 Å². The third-order valence-corrected chi connectivity index (χ3v) is 5.18. The first-order valence-electron chi connectivity index (χ1n) is 9.68. The Morgan fingerprint density at radius 2 is 1.96 bits per heavy atom. The molecular formula is C20H32N2O4. The van der Waals surface area contributed by atoms with Crippen LogP contribution in [0.3, 0.4) is 0 Å². The van der Waals surface area contributed by atoms with Gasteiger partial charge in [-0.05, 0) is 18.9 Å². The molecule has 1 N–H and O–H groups in total. The summed E-state index contributed by atoms with van der Waals surface area (Å²) < 4.78 is 16.7. The van der Waals surface area contributed by atoms with Crippen LogP contribution in [0.15, 0.2) is 24.3 Å². The summed E-state index contributed by atoms with van der Waals surface area (Å²) in [7, 11) is 1.66. The lowest BCUT2D eigenvalue weighted by Gasteiger charge is -2.36. The molecule has 0 unspecified atom stereocenters. The average molecular weight is 364 g/mol. The zero-order chi connectivity index (χ0) is 18.2. The Hall–Kier alpha value is -1.18. The van der Waals surface area contributed by atoms with Gasteiger partial charge in [-0.1, -0.05) is 18.2 Å². The molecule has 2 saturated heterocycles. The van der Waals surface area contributed by atoms with Gasteiger partial charge in [-0.25, -0.2) is 0 Å². The number of rotatable bonds is 9. The molecule has 6 nitrogen and oxygen atoms in total. The molecule has 0 bridgehead atoms. The standard InChI is InChI=1S/C20H32N2O4/c1-24-20-7-3-2-5-17(20)15-25-16-18(23)13-21-8-10-22(11-9-21)14-19-6-4-12-26-19/h2-3,5,7,18-19,23H,4,6,8-16H2,1H3/t18-,19+/m1/s1. The van der Waals surface area contributed by atoms with Crippen LogP contribution in [0.1, 0.15) is 18.4 Å². The number of para-hydroxylation sites is 1. The van der Waals surface area contributed by atoms with Crippen LogP contribution in [-0.4, -0.2) is 86.7 Å². The summed E-state index contributed by atoms with van der Waals surface area (Å²) in [6, 6.07) is 7.81. The van der Waals surface area contributed by atoms with E-state index in [9.17, 15) is 5.11 Å². The summed E-state index contributed by atoms with van der Waals surface area (Å²) in [6.07, 6.45) is 2.36. The third-order valence-electron chi connectivity index (χ3n) is 5.18. The van der Waals surface area contributed by atoms with Crippen molar-refractivity contribution in [3.63, 3.8) is 0 Å². The van der Waals surface area contributed by atoms with Gasteiger partial charge in [0.1, 0.15) is 5.75 Å². The number of hydrogen-bond acceptors (Lipinski definition) is 6. The Bertz CT molecular complexity index is 528. The summed E-state index contributed by atoms with van der Waals surface area (Å²) in [4.78, 5) is 4.81. The van der Waals surface area contributed by atoms with E-state index >= 15 is 0 Å². The van der Waals surface area contributed by atoms with Crippen LogP contribution < -0.4 is 4.74 Å². The molecule has 0 amide bonds. The second kappa shape index (κ2) is 10.2.